The highest BCUT2D eigenvalue weighted by atomic mass is 14.7. The highest BCUT2D eigenvalue weighted by Crippen LogP contribution is 2.31. The summed E-state index contributed by atoms with van der Waals surface area (Å²) in [6.45, 7) is 2.17. The Morgan fingerprint density at radius 2 is 2.45 bits per heavy atom. The minimum Gasteiger partial charge on any atom is -0.313 e. The molecule has 0 radical (unpaired) electrons. The minimum atomic E-state index is -0.501. The third-order valence-corrected chi connectivity index (χ3v) is 2.69. The van der Waals surface area contributed by atoms with Crippen LogP contribution in [0.15, 0.2) is 0 Å². The van der Waals surface area contributed by atoms with Crippen LogP contribution in [0.2, 0.25) is 0 Å². The van der Waals surface area contributed by atoms with Crippen LogP contribution in [-0.2, 0) is 0 Å². The zero-order chi connectivity index (χ0) is 8.32. The second kappa shape index (κ2) is 3.23. The fourth-order valence-corrected chi connectivity index (χ4v) is 1.88. The standard InChI is InChI=1S/C9H16N2/c1-2-8-4-3-5-9(11,6-8)7-10/h8H,2-6,11H2,1H3. The lowest BCUT2D eigenvalue weighted by Crippen LogP contribution is -2.42. The molecule has 2 nitrogen and oxygen atoms in total. The molecule has 0 aromatic heterocycles. The van der Waals surface area contributed by atoms with Gasteiger partial charge < -0.3 is 5.73 Å². The largest absolute Gasteiger partial charge is 0.313 e. The van der Waals surface area contributed by atoms with Gasteiger partial charge >= 0.3 is 0 Å². The molecule has 2 N–H and O–H groups in total. The SMILES string of the molecule is CCC1CCCC(N)(C#N)C1. The number of hydrogen-bond donors (Lipinski definition) is 1. The van der Waals surface area contributed by atoms with Gasteiger partial charge in [0.1, 0.15) is 5.54 Å². The highest BCUT2D eigenvalue weighted by Gasteiger charge is 2.31. The van der Waals surface area contributed by atoms with Crippen LogP contribution in [0.1, 0.15) is 39.0 Å². The van der Waals surface area contributed by atoms with E-state index in [1.54, 1.807) is 0 Å². The number of nitrogens with zero attached hydrogens (tertiary/aromatic N) is 1. The van der Waals surface area contributed by atoms with E-state index in [1.165, 1.54) is 12.8 Å². The third-order valence-electron chi connectivity index (χ3n) is 2.69. The molecule has 1 fully saturated rings. The topological polar surface area (TPSA) is 49.8 Å². The van der Waals surface area contributed by atoms with Gasteiger partial charge in [0.25, 0.3) is 0 Å². The molecule has 2 unspecified atom stereocenters. The molecule has 0 heterocycles. The first kappa shape index (κ1) is 8.55. The zero-order valence-corrected chi connectivity index (χ0v) is 7.14. The van der Waals surface area contributed by atoms with Gasteiger partial charge in [0, 0.05) is 0 Å². The van der Waals surface area contributed by atoms with E-state index in [2.05, 4.69) is 13.0 Å². The fraction of sp³-hybridized carbons (Fsp3) is 0.889. The predicted molar refractivity (Wildman–Crippen MR) is 44.8 cm³/mol. The minimum absolute atomic E-state index is 0.501. The van der Waals surface area contributed by atoms with Crippen molar-refractivity contribution in [3.63, 3.8) is 0 Å². The van der Waals surface area contributed by atoms with Crippen LogP contribution in [0.4, 0.5) is 0 Å². The molecular weight excluding hydrogens is 136 g/mol. The Balaban J connectivity index is 2.53. The van der Waals surface area contributed by atoms with Gasteiger partial charge in [-0.15, -0.1) is 0 Å². The first-order chi connectivity index (χ1) is 5.20. The van der Waals surface area contributed by atoms with Crippen molar-refractivity contribution in [3.8, 4) is 6.07 Å². The zero-order valence-electron chi connectivity index (χ0n) is 7.14. The normalized spacial score (nSPS) is 38.1. The molecule has 11 heavy (non-hydrogen) atoms. The maximum atomic E-state index is 8.79. The van der Waals surface area contributed by atoms with Gasteiger partial charge in [-0.25, -0.2) is 0 Å². The average Bonchev–Trinajstić information content (AvgIpc) is 2.05. The monoisotopic (exact) mass is 152 g/mol. The van der Waals surface area contributed by atoms with E-state index in [0.717, 1.165) is 19.3 Å². The Labute approximate surface area is 68.4 Å². The van der Waals surface area contributed by atoms with Crippen LogP contribution in [0.3, 0.4) is 0 Å². The molecule has 0 spiro atoms. The van der Waals surface area contributed by atoms with Gasteiger partial charge in [-0.2, -0.15) is 5.26 Å². The van der Waals surface area contributed by atoms with E-state index in [-0.39, 0.29) is 0 Å². The van der Waals surface area contributed by atoms with Crippen molar-refractivity contribution in [1.82, 2.24) is 0 Å². The molecule has 0 saturated heterocycles. The summed E-state index contributed by atoms with van der Waals surface area (Å²) in [6, 6.07) is 2.22. The van der Waals surface area contributed by atoms with Crippen LogP contribution in [0.5, 0.6) is 0 Å². The Bertz CT molecular complexity index is 171. The Morgan fingerprint density at radius 3 is 3.00 bits per heavy atom. The summed E-state index contributed by atoms with van der Waals surface area (Å²) in [4.78, 5) is 0. The van der Waals surface area contributed by atoms with Crippen molar-refractivity contribution in [1.29, 1.82) is 5.26 Å². The number of nitrogens with two attached hydrogens (primary N) is 1. The van der Waals surface area contributed by atoms with E-state index in [9.17, 15) is 0 Å². The molecule has 1 aliphatic rings. The Kier molecular flexibility index (Phi) is 2.51. The summed E-state index contributed by atoms with van der Waals surface area (Å²) in [5.41, 5.74) is 5.36. The summed E-state index contributed by atoms with van der Waals surface area (Å²) < 4.78 is 0. The number of rotatable bonds is 1. The van der Waals surface area contributed by atoms with Crippen molar-refractivity contribution < 1.29 is 0 Å². The molecule has 1 aliphatic carbocycles. The smallest absolute Gasteiger partial charge is 0.104 e. The van der Waals surface area contributed by atoms with E-state index >= 15 is 0 Å². The van der Waals surface area contributed by atoms with Gasteiger partial charge in [-0.05, 0) is 18.8 Å². The summed E-state index contributed by atoms with van der Waals surface area (Å²) in [5.74, 6) is 0.688. The number of nitriles is 1. The van der Waals surface area contributed by atoms with Crippen molar-refractivity contribution in [2.45, 2.75) is 44.6 Å². The summed E-state index contributed by atoms with van der Waals surface area (Å²) in [6.07, 6.45) is 5.35. The van der Waals surface area contributed by atoms with Crippen molar-refractivity contribution >= 4 is 0 Å². The van der Waals surface area contributed by atoms with E-state index in [4.69, 9.17) is 11.0 Å². The van der Waals surface area contributed by atoms with Crippen LogP contribution < -0.4 is 5.73 Å². The first-order valence-electron chi connectivity index (χ1n) is 4.40. The second-order valence-electron chi connectivity index (χ2n) is 3.64. The molecule has 1 saturated carbocycles. The van der Waals surface area contributed by atoms with E-state index in [1.807, 2.05) is 0 Å². The molecule has 2 heteroatoms. The van der Waals surface area contributed by atoms with Gasteiger partial charge in [0.15, 0.2) is 0 Å². The van der Waals surface area contributed by atoms with Crippen LogP contribution >= 0.6 is 0 Å². The van der Waals surface area contributed by atoms with Crippen molar-refractivity contribution in [2.75, 3.05) is 0 Å². The van der Waals surface area contributed by atoms with Crippen molar-refractivity contribution in [3.05, 3.63) is 0 Å². The summed E-state index contributed by atoms with van der Waals surface area (Å²) in [5, 5.41) is 8.79. The molecule has 2 atom stereocenters. The summed E-state index contributed by atoms with van der Waals surface area (Å²) >= 11 is 0. The average molecular weight is 152 g/mol. The molecular formula is C9H16N2. The molecule has 0 aromatic rings. The lowest BCUT2D eigenvalue weighted by molar-refractivity contribution is 0.267. The van der Waals surface area contributed by atoms with Crippen LogP contribution in [-0.4, -0.2) is 5.54 Å². The van der Waals surface area contributed by atoms with Crippen LogP contribution in [0.25, 0.3) is 0 Å². The van der Waals surface area contributed by atoms with E-state index < -0.39 is 5.54 Å². The number of hydrogen-bond acceptors (Lipinski definition) is 2. The highest BCUT2D eigenvalue weighted by molar-refractivity contribution is 5.07. The molecule has 0 aromatic carbocycles. The van der Waals surface area contributed by atoms with E-state index in [0.29, 0.717) is 5.92 Å². The fourth-order valence-electron chi connectivity index (χ4n) is 1.88. The molecule has 0 aliphatic heterocycles. The first-order valence-corrected chi connectivity index (χ1v) is 4.40. The third kappa shape index (κ3) is 1.94. The van der Waals surface area contributed by atoms with Gasteiger partial charge in [-0.3, -0.25) is 0 Å². The van der Waals surface area contributed by atoms with Gasteiger partial charge in [0.05, 0.1) is 6.07 Å². The summed E-state index contributed by atoms with van der Waals surface area (Å²) in [7, 11) is 0. The second-order valence-corrected chi connectivity index (χ2v) is 3.64. The lowest BCUT2D eigenvalue weighted by Gasteiger charge is -2.31. The maximum Gasteiger partial charge on any atom is 0.104 e. The molecule has 0 amide bonds. The maximum absolute atomic E-state index is 8.79. The predicted octanol–water partition coefficient (Wildman–Crippen LogP) is 1.81. The molecule has 1 rings (SSSR count). The Morgan fingerprint density at radius 1 is 1.73 bits per heavy atom. The molecule has 0 bridgehead atoms. The molecule has 62 valence electrons. The quantitative estimate of drug-likeness (QED) is 0.623. The lowest BCUT2D eigenvalue weighted by atomic mass is 9.76. The Hall–Kier alpha value is -0.550. The van der Waals surface area contributed by atoms with Crippen LogP contribution in [0, 0.1) is 17.2 Å². The van der Waals surface area contributed by atoms with Gasteiger partial charge in [0.2, 0.25) is 0 Å². The van der Waals surface area contributed by atoms with Crippen molar-refractivity contribution in [2.24, 2.45) is 11.7 Å². The van der Waals surface area contributed by atoms with Gasteiger partial charge in [-0.1, -0.05) is 26.2 Å².